The van der Waals surface area contributed by atoms with Crippen LogP contribution in [0, 0.1) is 0 Å². The molecule has 2 aromatic rings. The Hall–Kier alpha value is -3.45. The van der Waals surface area contributed by atoms with Gasteiger partial charge in [-0.05, 0) is 42.7 Å². The van der Waals surface area contributed by atoms with E-state index in [1.54, 1.807) is 18.2 Å². The van der Waals surface area contributed by atoms with E-state index >= 15 is 0 Å². The first-order chi connectivity index (χ1) is 15.3. The summed E-state index contributed by atoms with van der Waals surface area (Å²) in [6.45, 7) is 8.20. The van der Waals surface area contributed by atoms with Gasteiger partial charge in [-0.2, -0.15) is 0 Å². The van der Waals surface area contributed by atoms with Gasteiger partial charge >= 0.3 is 0 Å². The summed E-state index contributed by atoms with van der Waals surface area (Å²) < 4.78 is 0. The highest BCUT2D eigenvalue weighted by molar-refractivity contribution is 6.34. The number of rotatable bonds is 8. The molecule has 0 aliphatic carbocycles. The van der Waals surface area contributed by atoms with Crippen LogP contribution in [0.4, 0.5) is 11.4 Å². The highest BCUT2D eigenvalue weighted by Crippen LogP contribution is 2.41. The zero-order valence-corrected chi connectivity index (χ0v) is 18.9. The molecule has 2 atom stereocenters. The van der Waals surface area contributed by atoms with Crippen molar-refractivity contribution >= 4 is 35.2 Å². The monoisotopic (exact) mass is 453 g/mol. The topological polar surface area (TPSA) is 112 Å². The van der Waals surface area contributed by atoms with Gasteiger partial charge in [-0.25, -0.2) is 4.99 Å². The molecule has 0 spiro atoms. The molecule has 1 amide bonds. The Bertz CT molecular complexity index is 1080. The van der Waals surface area contributed by atoms with Gasteiger partial charge in [0.05, 0.1) is 28.3 Å². The summed E-state index contributed by atoms with van der Waals surface area (Å²) in [6.07, 6.45) is 5.41. The Kier molecular flexibility index (Phi) is 7.43. The van der Waals surface area contributed by atoms with Gasteiger partial charge in [-0.1, -0.05) is 43.3 Å². The third-order valence-corrected chi connectivity index (χ3v) is 5.59. The van der Waals surface area contributed by atoms with Gasteiger partial charge in [0.25, 0.3) is 5.91 Å². The Morgan fingerprint density at radius 3 is 2.75 bits per heavy atom. The van der Waals surface area contributed by atoms with E-state index in [-0.39, 0.29) is 23.7 Å². The lowest BCUT2D eigenvalue weighted by Gasteiger charge is -2.17. The summed E-state index contributed by atoms with van der Waals surface area (Å²) in [5.41, 5.74) is 9.46. The first kappa shape index (κ1) is 23.2. The highest BCUT2D eigenvalue weighted by atomic mass is 35.5. The van der Waals surface area contributed by atoms with Crippen LogP contribution in [0.5, 0.6) is 5.75 Å². The molecule has 0 saturated heterocycles. The van der Waals surface area contributed by atoms with Crippen LogP contribution in [-0.2, 0) is 0 Å². The van der Waals surface area contributed by atoms with Gasteiger partial charge in [-0.15, -0.1) is 0 Å². The van der Waals surface area contributed by atoms with Gasteiger partial charge < -0.3 is 26.8 Å². The average Bonchev–Trinajstić information content (AvgIpc) is 3.16. The molecule has 2 aromatic carbocycles. The summed E-state index contributed by atoms with van der Waals surface area (Å²) in [4.78, 5) is 16.5. The van der Waals surface area contributed by atoms with E-state index in [0.29, 0.717) is 29.2 Å². The van der Waals surface area contributed by atoms with Crippen LogP contribution in [0.15, 0.2) is 59.8 Å². The number of benzene rings is 2. The normalized spacial score (nSPS) is 15.9. The number of phenolic OH excluding ortho intramolecular Hbond substituents is 1. The Labute approximate surface area is 193 Å². The van der Waals surface area contributed by atoms with Crippen molar-refractivity contribution in [2.75, 3.05) is 17.2 Å². The fourth-order valence-corrected chi connectivity index (χ4v) is 3.81. The van der Waals surface area contributed by atoms with E-state index in [2.05, 4.69) is 40.5 Å². The second-order valence-electron chi connectivity index (χ2n) is 7.58. The molecule has 1 aliphatic rings. The van der Waals surface area contributed by atoms with Crippen molar-refractivity contribution in [3.8, 4) is 5.75 Å². The van der Waals surface area contributed by atoms with E-state index in [0.717, 1.165) is 22.5 Å². The Morgan fingerprint density at radius 1 is 1.34 bits per heavy atom. The average molecular weight is 454 g/mol. The number of aliphatic imine (C=N–C) groups is 1. The molecule has 7 nitrogen and oxygen atoms in total. The second kappa shape index (κ2) is 10.2. The number of amides is 1. The number of nitrogens with one attached hydrogen (secondary N) is 3. The van der Waals surface area contributed by atoms with Gasteiger partial charge in [-0.3, -0.25) is 4.79 Å². The molecule has 1 aliphatic heterocycles. The summed E-state index contributed by atoms with van der Waals surface area (Å²) in [5, 5.41) is 20.2. The van der Waals surface area contributed by atoms with E-state index in [1.165, 1.54) is 6.34 Å². The number of carbonyl (C=O) groups excluding carboxylic acids is 1. The molecule has 2 unspecified atom stereocenters. The standard InChI is InChI=1S/C24H28ClN5O2/c1-4-5-14(2)16-6-7-22(31)18(10-16)23-29-20-11-17(19(25)12-21(20)30-23)24(32)27-9-8-15(3)28-13-26/h4-7,10-14,23,29-31H,3,8-9H2,1-2H3,(H2,26,28)(H,27,32)/b5-4-. The highest BCUT2D eigenvalue weighted by Gasteiger charge is 2.26. The molecule has 1 heterocycles. The third-order valence-electron chi connectivity index (χ3n) is 5.28. The van der Waals surface area contributed by atoms with Crippen molar-refractivity contribution in [3.05, 3.63) is 76.5 Å². The van der Waals surface area contributed by atoms with Crippen LogP contribution >= 0.6 is 11.6 Å². The molecule has 0 saturated carbocycles. The number of phenols is 1. The molecule has 6 N–H and O–H groups in total. The van der Waals surface area contributed by atoms with Crippen LogP contribution in [0.2, 0.25) is 5.02 Å². The Balaban J connectivity index is 1.76. The summed E-state index contributed by atoms with van der Waals surface area (Å²) in [6, 6.07) is 9.00. The largest absolute Gasteiger partial charge is 0.508 e. The van der Waals surface area contributed by atoms with Crippen molar-refractivity contribution in [1.82, 2.24) is 5.32 Å². The molecule has 8 heteroatoms. The van der Waals surface area contributed by atoms with Crippen molar-refractivity contribution in [2.24, 2.45) is 10.7 Å². The number of nitrogens with zero attached hydrogens (tertiary/aromatic N) is 1. The molecule has 0 fully saturated rings. The van der Waals surface area contributed by atoms with Crippen LogP contribution in [0.1, 0.15) is 53.8 Å². The van der Waals surface area contributed by atoms with Gasteiger partial charge in [0.1, 0.15) is 11.9 Å². The van der Waals surface area contributed by atoms with Gasteiger partial charge in [0, 0.05) is 24.2 Å². The predicted octanol–water partition coefficient (Wildman–Crippen LogP) is 4.88. The maximum absolute atomic E-state index is 12.6. The SMILES string of the molecule is C=C(CCNC(=O)c1cc2c(cc1Cl)NC(c1cc(C(C)/C=C\C)ccc1O)N2)N=CN. The summed E-state index contributed by atoms with van der Waals surface area (Å²) in [5.74, 6) is 0.112. The maximum atomic E-state index is 12.6. The van der Waals surface area contributed by atoms with Crippen molar-refractivity contribution in [1.29, 1.82) is 0 Å². The fraction of sp³-hybridized carbons (Fsp3) is 0.250. The van der Waals surface area contributed by atoms with Crippen molar-refractivity contribution < 1.29 is 9.90 Å². The first-order valence-corrected chi connectivity index (χ1v) is 10.7. The zero-order chi connectivity index (χ0) is 23.3. The molecule has 0 bridgehead atoms. The summed E-state index contributed by atoms with van der Waals surface area (Å²) >= 11 is 6.38. The Morgan fingerprint density at radius 2 is 2.06 bits per heavy atom. The number of fused-ring (bicyclic) bond motifs is 1. The fourth-order valence-electron chi connectivity index (χ4n) is 3.56. The van der Waals surface area contributed by atoms with Crippen LogP contribution in [0.25, 0.3) is 0 Å². The minimum absolute atomic E-state index is 0.184. The van der Waals surface area contributed by atoms with Crippen LogP contribution < -0.4 is 21.7 Å². The maximum Gasteiger partial charge on any atom is 0.252 e. The smallest absolute Gasteiger partial charge is 0.252 e. The lowest BCUT2D eigenvalue weighted by molar-refractivity contribution is 0.0954. The molecule has 0 aromatic heterocycles. The van der Waals surface area contributed by atoms with E-state index in [4.69, 9.17) is 17.3 Å². The predicted molar refractivity (Wildman–Crippen MR) is 132 cm³/mol. The van der Waals surface area contributed by atoms with Crippen molar-refractivity contribution in [3.63, 3.8) is 0 Å². The quantitative estimate of drug-likeness (QED) is 0.222. The van der Waals surface area contributed by atoms with E-state index < -0.39 is 0 Å². The van der Waals surface area contributed by atoms with Gasteiger partial charge in [0.2, 0.25) is 0 Å². The first-order valence-electron chi connectivity index (χ1n) is 10.4. The number of nitrogens with two attached hydrogens (primary N) is 1. The third kappa shape index (κ3) is 5.23. The minimum Gasteiger partial charge on any atom is -0.508 e. The lowest BCUT2D eigenvalue weighted by atomic mass is 9.97. The van der Waals surface area contributed by atoms with E-state index in [9.17, 15) is 9.90 Å². The zero-order valence-electron chi connectivity index (χ0n) is 18.2. The number of hydrogen-bond donors (Lipinski definition) is 5. The number of aromatic hydroxyl groups is 1. The molecule has 3 rings (SSSR count). The number of carbonyl (C=O) groups is 1. The van der Waals surface area contributed by atoms with Crippen LogP contribution in [-0.4, -0.2) is 23.9 Å². The minimum atomic E-state index is -0.352. The molecule has 32 heavy (non-hydrogen) atoms. The lowest BCUT2D eigenvalue weighted by Crippen LogP contribution is -2.25. The molecule has 0 radical (unpaired) electrons. The van der Waals surface area contributed by atoms with Crippen molar-refractivity contribution in [2.45, 2.75) is 32.4 Å². The number of hydrogen-bond acceptors (Lipinski definition) is 5. The second-order valence-corrected chi connectivity index (χ2v) is 7.99. The number of anilines is 2. The molecular formula is C24H28ClN5O2. The summed E-state index contributed by atoms with van der Waals surface area (Å²) in [7, 11) is 0. The van der Waals surface area contributed by atoms with Gasteiger partial charge in [0.15, 0.2) is 0 Å². The number of allylic oxidation sites excluding steroid dienone is 2. The molecule has 168 valence electrons. The van der Waals surface area contributed by atoms with Crippen LogP contribution in [0.3, 0.4) is 0 Å². The van der Waals surface area contributed by atoms with E-state index in [1.807, 2.05) is 25.1 Å². The molecular weight excluding hydrogens is 426 g/mol. The number of halogens is 1.